The highest BCUT2D eigenvalue weighted by molar-refractivity contribution is 5.57. The van der Waals surface area contributed by atoms with E-state index in [9.17, 15) is 0 Å². The molecule has 3 heteroatoms. The van der Waals surface area contributed by atoms with Crippen LogP contribution in [0.15, 0.2) is 30.3 Å². The summed E-state index contributed by atoms with van der Waals surface area (Å²) in [5.74, 6) is 0.744. The van der Waals surface area contributed by atoms with E-state index >= 15 is 0 Å². The SMILES string of the molecule is CCNC(C)/C=C/c1ccccc1OCC#N. The molecule has 0 heterocycles. The van der Waals surface area contributed by atoms with Gasteiger partial charge in [-0.25, -0.2) is 0 Å². The molecule has 0 aromatic heterocycles. The first-order valence-electron chi connectivity index (χ1n) is 5.78. The molecule has 0 aliphatic heterocycles. The number of rotatable bonds is 6. The van der Waals surface area contributed by atoms with E-state index in [1.54, 1.807) is 0 Å². The number of hydrogen-bond donors (Lipinski definition) is 1. The molecule has 0 spiro atoms. The van der Waals surface area contributed by atoms with E-state index in [4.69, 9.17) is 10.00 Å². The largest absolute Gasteiger partial charge is 0.478 e. The van der Waals surface area contributed by atoms with Gasteiger partial charge in [-0.1, -0.05) is 37.3 Å². The summed E-state index contributed by atoms with van der Waals surface area (Å²) in [5, 5.41) is 11.8. The number of nitrogens with zero attached hydrogens (tertiary/aromatic N) is 1. The van der Waals surface area contributed by atoms with Gasteiger partial charge < -0.3 is 10.1 Å². The van der Waals surface area contributed by atoms with Crippen LogP contribution >= 0.6 is 0 Å². The summed E-state index contributed by atoms with van der Waals surface area (Å²) in [6.45, 7) is 5.19. The number of nitrogens with one attached hydrogen (secondary N) is 1. The third-order valence-corrected chi connectivity index (χ3v) is 2.30. The Balaban J connectivity index is 2.72. The first kappa shape index (κ1) is 13.3. The summed E-state index contributed by atoms with van der Waals surface area (Å²) in [7, 11) is 0. The van der Waals surface area contributed by atoms with Gasteiger partial charge in [0.15, 0.2) is 6.61 Å². The van der Waals surface area contributed by atoms with E-state index in [0.717, 1.165) is 17.9 Å². The highest BCUT2D eigenvalue weighted by Gasteiger charge is 1.99. The van der Waals surface area contributed by atoms with Crippen molar-refractivity contribution in [2.24, 2.45) is 0 Å². The van der Waals surface area contributed by atoms with E-state index in [1.165, 1.54) is 0 Å². The molecular formula is C14H18N2O. The molecule has 1 unspecified atom stereocenters. The molecule has 0 aliphatic carbocycles. The Hall–Kier alpha value is -1.79. The lowest BCUT2D eigenvalue weighted by Crippen LogP contribution is -2.22. The Labute approximate surface area is 103 Å². The predicted molar refractivity (Wildman–Crippen MR) is 69.7 cm³/mol. The van der Waals surface area contributed by atoms with Gasteiger partial charge in [0.05, 0.1) is 0 Å². The van der Waals surface area contributed by atoms with Crippen molar-refractivity contribution >= 4 is 6.08 Å². The third-order valence-electron chi connectivity index (χ3n) is 2.30. The van der Waals surface area contributed by atoms with Crippen LogP contribution in [0.3, 0.4) is 0 Å². The molecule has 0 aliphatic rings. The van der Waals surface area contributed by atoms with E-state index in [-0.39, 0.29) is 6.61 Å². The molecule has 17 heavy (non-hydrogen) atoms. The Morgan fingerprint density at radius 1 is 1.47 bits per heavy atom. The molecule has 0 saturated heterocycles. The minimum Gasteiger partial charge on any atom is -0.478 e. The molecule has 1 aromatic rings. The monoisotopic (exact) mass is 230 g/mol. The standard InChI is InChI=1S/C14H18N2O/c1-3-16-12(2)8-9-13-6-4-5-7-14(13)17-11-10-15/h4-9,12,16H,3,11H2,1-2H3/b9-8+. The number of hydrogen-bond acceptors (Lipinski definition) is 3. The second-order valence-electron chi connectivity index (χ2n) is 3.69. The molecule has 0 saturated carbocycles. The fraction of sp³-hybridized carbons (Fsp3) is 0.357. The van der Waals surface area contributed by atoms with Crippen LogP contribution in [-0.4, -0.2) is 19.2 Å². The van der Waals surface area contributed by atoms with Crippen molar-refractivity contribution in [1.29, 1.82) is 5.26 Å². The number of nitriles is 1. The molecule has 0 fully saturated rings. The lowest BCUT2D eigenvalue weighted by atomic mass is 10.1. The molecule has 90 valence electrons. The fourth-order valence-corrected chi connectivity index (χ4v) is 1.50. The van der Waals surface area contributed by atoms with Crippen LogP contribution in [0, 0.1) is 11.3 Å². The van der Waals surface area contributed by atoms with Crippen molar-refractivity contribution in [2.45, 2.75) is 19.9 Å². The van der Waals surface area contributed by atoms with E-state index in [2.05, 4.69) is 25.2 Å². The van der Waals surface area contributed by atoms with Gasteiger partial charge in [0, 0.05) is 11.6 Å². The van der Waals surface area contributed by atoms with Crippen molar-refractivity contribution in [2.75, 3.05) is 13.2 Å². The lowest BCUT2D eigenvalue weighted by molar-refractivity contribution is 0.367. The van der Waals surface area contributed by atoms with Crippen LogP contribution in [0.4, 0.5) is 0 Å². The summed E-state index contributed by atoms with van der Waals surface area (Å²) in [6.07, 6.45) is 4.10. The van der Waals surface area contributed by atoms with Crippen molar-refractivity contribution in [3.8, 4) is 11.8 Å². The van der Waals surface area contributed by atoms with Crippen molar-refractivity contribution in [1.82, 2.24) is 5.32 Å². The normalized spacial score (nSPS) is 12.3. The summed E-state index contributed by atoms with van der Waals surface area (Å²) >= 11 is 0. The Morgan fingerprint density at radius 3 is 2.94 bits per heavy atom. The van der Waals surface area contributed by atoms with Gasteiger partial charge in [-0.3, -0.25) is 0 Å². The number of ether oxygens (including phenoxy) is 1. The highest BCUT2D eigenvalue weighted by atomic mass is 16.5. The quantitative estimate of drug-likeness (QED) is 0.817. The molecule has 1 atom stereocenters. The van der Waals surface area contributed by atoms with Crippen LogP contribution in [-0.2, 0) is 0 Å². The Kier molecular flexibility index (Phi) is 5.84. The van der Waals surface area contributed by atoms with Gasteiger partial charge >= 0.3 is 0 Å². The zero-order chi connectivity index (χ0) is 12.5. The topological polar surface area (TPSA) is 45.0 Å². The highest BCUT2D eigenvalue weighted by Crippen LogP contribution is 2.19. The van der Waals surface area contributed by atoms with Gasteiger partial charge in [0.25, 0.3) is 0 Å². The minimum atomic E-state index is 0.0770. The lowest BCUT2D eigenvalue weighted by Gasteiger charge is -2.08. The molecule has 1 aromatic carbocycles. The minimum absolute atomic E-state index is 0.0770. The van der Waals surface area contributed by atoms with Crippen molar-refractivity contribution in [3.05, 3.63) is 35.9 Å². The average molecular weight is 230 g/mol. The number of benzene rings is 1. The molecule has 3 nitrogen and oxygen atoms in total. The molecule has 1 N–H and O–H groups in total. The van der Waals surface area contributed by atoms with Crippen LogP contribution in [0.25, 0.3) is 6.08 Å². The molecule has 0 bridgehead atoms. The summed E-state index contributed by atoms with van der Waals surface area (Å²) in [5.41, 5.74) is 0.993. The zero-order valence-corrected chi connectivity index (χ0v) is 10.3. The van der Waals surface area contributed by atoms with Gasteiger partial charge in [-0.15, -0.1) is 0 Å². The Bertz CT molecular complexity index is 407. The molecule has 0 amide bonds. The first-order valence-corrected chi connectivity index (χ1v) is 5.78. The van der Waals surface area contributed by atoms with Gasteiger partial charge in [-0.05, 0) is 19.5 Å². The maximum absolute atomic E-state index is 8.50. The second-order valence-corrected chi connectivity index (χ2v) is 3.69. The maximum atomic E-state index is 8.50. The number of likely N-dealkylation sites (N-methyl/N-ethyl adjacent to an activating group) is 1. The van der Waals surface area contributed by atoms with Gasteiger partial charge in [-0.2, -0.15) is 5.26 Å². The maximum Gasteiger partial charge on any atom is 0.174 e. The fourth-order valence-electron chi connectivity index (χ4n) is 1.50. The summed E-state index contributed by atoms with van der Waals surface area (Å²) < 4.78 is 5.35. The molecular weight excluding hydrogens is 212 g/mol. The smallest absolute Gasteiger partial charge is 0.174 e. The zero-order valence-electron chi connectivity index (χ0n) is 10.3. The molecule has 0 radical (unpaired) electrons. The van der Waals surface area contributed by atoms with E-state index < -0.39 is 0 Å². The van der Waals surface area contributed by atoms with Crippen LogP contribution < -0.4 is 10.1 Å². The molecule has 1 rings (SSSR count). The van der Waals surface area contributed by atoms with Gasteiger partial charge in [0.1, 0.15) is 11.8 Å². The number of para-hydroxylation sites is 1. The predicted octanol–water partition coefficient (Wildman–Crippen LogP) is 2.60. The summed E-state index contributed by atoms with van der Waals surface area (Å²) in [4.78, 5) is 0. The van der Waals surface area contributed by atoms with Crippen LogP contribution in [0.2, 0.25) is 0 Å². The Morgan fingerprint density at radius 2 is 2.24 bits per heavy atom. The first-order chi connectivity index (χ1) is 8.27. The van der Waals surface area contributed by atoms with Crippen molar-refractivity contribution < 1.29 is 4.74 Å². The average Bonchev–Trinajstić information content (AvgIpc) is 2.35. The van der Waals surface area contributed by atoms with Crippen LogP contribution in [0.5, 0.6) is 5.75 Å². The van der Waals surface area contributed by atoms with Crippen molar-refractivity contribution in [3.63, 3.8) is 0 Å². The van der Waals surface area contributed by atoms with E-state index in [1.807, 2.05) is 36.4 Å². The van der Waals surface area contributed by atoms with E-state index in [0.29, 0.717) is 6.04 Å². The van der Waals surface area contributed by atoms with Gasteiger partial charge in [0.2, 0.25) is 0 Å². The summed E-state index contributed by atoms with van der Waals surface area (Å²) in [6, 6.07) is 9.99. The third kappa shape index (κ3) is 4.71. The van der Waals surface area contributed by atoms with Crippen LogP contribution in [0.1, 0.15) is 19.4 Å². The second kappa shape index (κ2) is 7.48.